The van der Waals surface area contributed by atoms with Gasteiger partial charge in [0.1, 0.15) is 11.5 Å². The van der Waals surface area contributed by atoms with Crippen molar-refractivity contribution in [2.45, 2.75) is 25.7 Å². The van der Waals surface area contributed by atoms with Crippen LogP contribution in [0.1, 0.15) is 40.2 Å². The molecule has 1 saturated heterocycles. The fraction of sp³-hybridized carbons (Fsp3) is 0.233. The molecule has 0 bridgehead atoms. The standard InChI is InChI=1S/C30H29N3O4/c1-19-16-24(10-11-28(19)34)27-18-26(31-30(36)32-27)21-6-8-22(9-7-21)29(35)33-14-12-20(13-15-33)23-4-3-5-25(17-23)37-2/h3-11,16-18,20,34H,12-15H2,1-2H3,(H,31,32,36). The van der Waals surface area contributed by atoms with Gasteiger partial charge in [-0.2, -0.15) is 4.98 Å². The number of carbonyl (C=O) groups excluding carboxylic acids is 1. The second-order valence-electron chi connectivity index (χ2n) is 9.41. The van der Waals surface area contributed by atoms with Crippen molar-refractivity contribution < 1.29 is 14.6 Å². The van der Waals surface area contributed by atoms with E-state index in [1.54, 1.807) is 50.4 Å². The first kappa shape index (κ1) is 24.3. The Bertz CT molecular complexity index is 1490. The number of likely N-dealkylation sites (tertiary alicyclic amines) is 1. The fourth-order valence-corrected chi connectivity index (χ4v) is 4.86. The summed E-state index contributed by atoms with van der Waals surface area (Å²) in [5, 5.41) is 9.80. The van der Waals surface area contributed by atoms with E-state index in [4.69, 9.17) is 4.74 Å². The van der Waals surface area contributed by atoms with Crippen molar-refractivity contribution in [2.24, 2.45) is 0 Å². The van der Waals surface area contributed by atoms with Crippen LogP contribution in [0, 0.1) is 6.92 Å². The number of phenolic OH excluding ortho intramolecular Hbond substituents is 1. The van der Waals surface area contributed by atoms with Crippen LogP contribution in [0.4, 0.5) is 0 Å². The highest BCUT2D eigenvalue weighted by Crippen LogP contribution is 2.31. The minimum absolute atomic E-state index is 0.0131. The SMILES string of the molecule is COc1cccc(C2CCN(C(=O)c3ccc(-c4cc(-c5ccc(O)c(C)c5)nc(=O)[nH]4)cc3)CC2)c1. The van der Waals surface area contributed by atoms with E-state index in [2.05, 4.69) is 22.1 Å². The van der Waals surface area contributed by atoms with E-state index in [0.717, 1.165) is 29.7 Å². The van der Waals surface area contributed by atoms with E-state index in [-0.39, 0.29) is 11.7 Å². The molecule has 0 unspecified atom stereocenters. The lowest BCUT2D eigenvalue weighted by Gasteiger charge is -2.32. The Labute approximate surface area is 215 Å². The molecular formula is C30H29N3O4. The number of amides is 1. The van der Waals surface area contributed by atoms with E-state index in [1.807, 2.05) is 29.2 Å². The maximum absolute atomic E-state index is 13.2. The van der Waals surface area contributed by atoms with E-state index >= 15 is 0 Å². The number of aromatic hydroxyl groups is 1. The van der Waals surface area contributed by atoms with Crippen LogP contribution in [0.3, 0.4) is 0 Å². The van der Waals surface area contributed by atoms with Gasteiger partial charge < -0.3 is 19.7 Å². The lowest BCUT2D eigenvalue weighted by Crippen LogP contribution is -2.37. The number of rotatable bonds is 5. The molecule has 0 atom stereocenters. The molecule has 0 aliphatic carbocycles. The van der Waals surface area contributed by atoms with Crippen molar-refractivity contribution in [3.8, 4) is 34.0 Å². The van der Waals surface area contributed by atoms with Gasteiger partial charge in [-0.3, -0.25) is 4.79 Å². The Morgan fingerprint density at radius 2 is 1.73 bits per heavy atom. The zero-order valence-corrected chi connectivity index (χ0v) is 20.9. The van der Waals surface area contributed by atoms with Crippen LogP contribution < -0.4 is 10.4 Å². The maximum Gasteiger partial charge on any atom is 0.345 e. The number of nitrogens with one attached hydrogen (secondary N) is 1. The number of phenols is 1. The van der Waals surface area contributed by atoms with Gasteiger partial charge in [-0.1, -0.05) is 24.3 Å². The van der Waals surface area contributed by atoms with Crippen LogP contribution >= 0.6 is 0 Å². The summed E-state index contributed by atoms with van der Waals surface area (Å²) in [6.45, 7) is 3.20. The molecule has 7 heteroatoms. The highest BCUT2D eigenvalue weighted by molar-refractivity contribution is 5.94. The van der Waals surface area contributed by atoms with Crippen LogP contribution in [0.25, 0.3) is 22.5 Å². The smallest absolute Gasteiger partial charge is 0.345 e. The molecule has 0 saturated carbocycles. The molecule has 1 aliphatic rings. The zero-order valence-electron chi connectivity index (χ0n) is 20.9. The van der Waals surface area contributed by atoms with Gasteiger partial charge in [-0.05, 0) is 90.9 Å². The Morgan fingerprint density at radius 1 is 1.00 bits per heavy atom. The van der Waals surface area contributed by atoms with Crippen molar-refractivity contribution >= 4 is 5.91 Å². The molecule has 1 aliphatic heterocycles. The van der Waals surface area contributed by atoms with Crippen molar-refractivity contribution in [3.63, 3.8) is 0 Å². The number of hydrogen-bond acceptors (Lipinski definition) is 5. The third-order valence-electron chi connectivity index (χ3n) is 7.03. The monoisotopic (exact) mass is 495 g/mol. The number of aryl methyl sites for hydroxylation is 1. The van der Waals surface area contributed by atoms with Gasteiger partial charge in [0.2, 0.25) is 0 Å². The number of nitrogens with zero attached hydrogens (tertiary/aromatic N) is 2. The molecule has 2 heterocycles. The molecule has 2 N–H and O–H groups in total. The van der Waals surface area contributed by atoms with Crippen LogP contribution in [0.15, 0.2) is 77.6 Å². The summed E-state index contributed by atoms with van der Waals surface area (Å²) in [5.41, 5.74) is 4.77. The van der Waals surface area contributed by atoms with Gasteiger partial charge in [0.05, 0.1) is 18.5 Å². The van der Waals surface area contributed by atoms with Gasteiger partial charge in [-0.25, -0.2) is 4.79 Å². The molecule has 0 radical (unpaired) electrons. The minimum atomic E-state index is -0.461. The zero-order chi connectivity index (χ0) is 25.9. The lowest BCUT2D eigenvalue weighted by atomic mass is 9.89. The predicted molar refractivity (Wildman–Crippen MR) is 143 cm³/mol. The van der Waals surface area contributed by atoms with Crippen molar-refractivity contribution in [2.75, 3.05) is 20.2 Å². The van der Waals surface area contributed by atoms with Crippen molar-refractivity contribution in [3.05, 3.63) is 100.0 Å². The molecular weight excluding hydrogens is 466 g/mol. The molecule has 1 aromatic heterocycles. The van der Waals surface area contributed by atoms with E-state index in [9.17, 15) is 14.7 Å². The largest absolute Gasteiger partial charge is 0.508 e. The van der Waals surface area contributed by atoms with Gasteiger partial charge in [-0.15, -0.1) is 0 Å². The molecule has 1 fully saturated rings. The Hall–Kier alpha value is -4.39. The molecule has 37 heavy (non-hydrogen) atoms. The molecule has 3 aromatic carbocycles. The van der Waals surface area contributed by atoms with Gasteiger partial charge in [0.15, 0.2) is 0 Å². The predicted octanol–water partition coefficient (Wildman–Crippen LogP) is 5.15. The van der Waals surface area contributed by atoms with Crippen LogP contribution in [0.5, 0.6) is 11.5 Å². The minimum Gasteiger partial charge on any atom is -0.508 e. The summed E-state index contributed by atoms with van der Waals surface area (Å²) >= 11 is 0. The number of methoxy groups -OCH3 is 1. The molecule has 188 valence electrons. The number of benzene rings is 3. The molecule has 1 amide bonds. The highest BCUT2D eigenvalue weighted by Gasteiger charge is 2.25. The van der Waals surface area contributed by atoms with E-state index in [1.165, 1.54) is 5.56 Å². The molecule has 7 nitrogen and oxygen atoms in total. The molecule has 5 rings (SSSR count). The number of ether oxygens (including phenoxy) is 1. The Balaban J connectivity index is 1.29. The Kier molecular flexibility index (Phi) is 6.77. The van der Waals surface area contributed by atoms with Gasteiger partial charge in [0, 0.05) is 24.2 Å². The number of hydrogen-bond donors (Lipinski definition) is 2. The van der Waals surface area contributed by atoms with Gasteiger partial charge in [0.25, 0.3) is 5.91 Å². The number of carbonyl (C=O) groups is 1. The third kappa shape index (κ3) is 5.26. The van der Waals surface area contributed by atoms with Crippen LogP contribution in [-0.2, 0) is 0 Å². The van der Waals surface area contributed by atoms with E-state index in [0.29, 0.717) is 41.5 Å². The highest BCUT2D eigenvalue weighted by atomic mass is 16.5. The quantitative estimate of drug-likeness (QED) is 0.399. The Morgan fingerprint density at radius 3 is 2.43 bits per heavy atom. The van der Waals surface area contributed by atoms with Crippen LogP contribution in [-0.4, -0.2) is 46.1 Å². The number of aromatic amines is 1. The number of aromatic nitrogens is 2. The fourth-order valence-electron chi connectivity index (χ4n) is 4.86. The first-order valence-corrected chi connectivity index (χ1v) is 12.4. The lowest BCUT2D eigenvalue weighted by molar-refractivity contribution is 0.0713. The first-order valence-electron chi connectivity index (χ1n) is 12.4. The van der Waals surface area contributed by atoms with Crippen LogP contribution in [0.2, 0.25) is 0 Å². The van der Waals surface area contributed by atoms with E-state index < -0.39 is 5.69 Å². The van der Waals surface area contributed by atoms with Crippen molar-refractivity contribution in [1.29, 1.82) is 0 Å². The second kappa shape index (κ2) is 10.3. The first-order chi connectivity index (χ1) is 17.9. The molecule has 0 spiro atoms. The summed E-state index contributed by atoms with van der Waals surface area (Å²) < 4.78 is 5.35. The third-order valence-corrected chi connectivity index (χ3v) is 7.03. The topological polar surface area (TPSA) is 95.5 Å². The average molecular weight is 496 g/mol. The van der Waals surface area contributed by atoms with Crippen molar-refractivity contribution in [1.82, 2.24) is 14.9 Å². The number of H-pyrrole nitrogens is 1. The average Bonchev–Trinajstić information content (AvgIpc) is 2.94. The summed E-state index contributed by atoms with van der Waals surface area (Å²) in [6, 6.07) is 22.4. The normalized spacial score (nSPS) is 13.9. The second-order valence-corrected chi connectivity index (χ2v) is 9.41. The molecule has 4 aromatic rings. The number of piperidine rings is 1. The summed E-state index contributed by atoms with van der Waals surface area (Å²) in [4.78, 5) is 34.2. The summed E-state index contributed by atoms with van der Waals surface area (Å²) in [6.07, 6.45) is 1.82. The summed E-state index contributed by atoms with van der Waals surface area (Å²) in [7, 11) is 1.67. The maximum atomic E-state index is 13.2. The summed E-state index contributed by atoms with van der Waals surface area (Å²) in [5.74, 6) is 1.48. The van der Waals surface area contributed by atoms with Gasteiger partial charge >= 0.3 is 5.69 Å².